The molecule has 1 saturated heterocycles. The summed E-state index contributed by atoms with van der Waals surface area (Å²) in [5.41, 5.74) is 0.0467. The molecule has 1 aromatic heterocycles. The zero-order valence-electron chi connectivity index (χ0n) is 10.2. The van der Waals surface area contributed by atoms with E-state index in [0.717, 1.165) is 25.5 Å². The van der Waals surface area contributed by atoms with E-state index in [9.17, 15) is 18.4 Å². The van der Waals surface area contributed by atoms with Gasteiger partial charge in [0.15, 0.2) is 0 Å². The molecule has 7 heteroatoms. The van der Waals surface area contributed by atoms with Crippen molar-refractivity contribution >= 4 is 0 Å². The molecule has 0 spiro atoms. The van der Waals surface area contributed by atoms with Crippen LogP contribution in [-0.4, -0.2) is 23.1 Å². The smallest absolute Gasteiger partial charge is 0.317 e. The largest absolute Gasteiger partial charge is 0.451 e. The summed E-state index contributed by atoms with van der Waals surface area (Å²) in [4.78, 5) is 6.64. The number of alkyl halides is 3. The predicted molar refractivity (Wildman–Crippen MR) is 60.9 cm³/mol. The number of nitrogens with zero attached hydrogens (tertiary/aromatic N) is 3. The zero-order valence-corrected chi connectivity index (χ0v) is 10.2. The minimum Gasteiger partial charge on any atom is -0.317 e. The number of hydrogen-bond acceptors (Lipinski definition) is 4. The van der Waals surface area contributed by atoms with Gasteiger partial charge in [0.05, 0.1) is 11.5 Å². The fraction of sp³-hybridized carbons (Fsp3) is 0.583. The zero-order chi connectivity index (χ0) is 13.9. The molecular formula is C12H13F3N4. The van der Waals surface area contributed by atoms with Gasteiger partial charge in [-0.05, 0) is 37.9 Å². The summed E-state index contributed by atoms with van der Waals surface area (Å²) in [6.45, 7) is 1.49. The summed E-state index contributed by atoms with van der Waals surface area (Å²) in [5, 5.41) is 12.4. The molecule has 0 amide bonds. The SMILES string of the molecule is N#CC1(Cc2cnc(C(F)(F)F)nc2)CCNCC1. The van der Waals surface area contributed by atoms with Gasteiger partial charge in [0, 0.05) is 12.4 Å². The molecule has 1 aromatic rings. The van der Waals surface area contributed by atoms with Gasteiger partial charge in [-0.2, -0.15) is 18.4 Å². The summed E-state index contributed by atoms with van der Waals surface area (Å²) in [6, 6.07) is 2.29. The molecule has 4 nitrogen and oxygen atoms in total. The molecule has 0 radical (unpaired) electrons. The van der Waals surface area contributed by atoms with Crippen molar-refractivity contribution in [1.29, 1.82) is 5.26 Å². The lowest BCUT2D eigenvalue weighted by Gasteiger charge is -2.31. The standard InChI is InChI=1S/C12H13F3N4/c13-12(14,15)10-18-6-9(7-19-10)5-11(8-16)1-3-17-4-2-11/h6-7,17H,1-5H2. The molecule has 19 heavy (non-hydrogen) atoms. The second-order valence-electron chi connectivity index (χ2n) is 4.73. The van der Waals surface area contributed by atoms with E-state index in [1.54, 1.807) is 0 Å². The maximum atomic E-state index is 12.3. The normalized spacial score (nSPS) is 18.8. The summed E-state index contributed by atoms with van der Waals surface area (Å²) >= 11 is 0. The predicted octanol–water partition coefficient (Wildman–Crippen LogP) is 1.93. The number of rotatable bonds is 2. The Morgan fingerprint density at radius 1 is 1.26 bits per heavy atom. The Kier molecular flexibility index (Phi) is 3.71. The molecule has 1 aliphatic rings. The Morgan fingerprint density at radius 3 is 2.32 bits per heavy atom. The number of aromatic nitrogens is 2. The molecule has 0 aliphatic carbocycles. The van der Waals surface area contributed by atoms with E-state index < -0.39 is 17.4 Å². The van der Waals surface area contributed by atoms with E-state index in [2.05, 4.69) is 21.4 Å². The number of hydrogen-bond donors (Lipinski definition) is 1. The van der Waals surface area contributed by atoms with Crippen LogP contribution in [-0.2, 0) is 12.6 Å². The van der Waals surface area contributed by atoms with Gasteiger partial charge in [-0.25, -0.2) is 9.97 Å². The third kappa shape index (κ3) is 3.20. The van der Waals surface area contributed by atoms with E-state index in [4.69, 9.17) is 0 Å². The Hall–Kier alpha value is -1.68. The molecule has 0 aromatic carbocycles. The van der Waals surface area contributed by atoms with Crippen molar-refractivity contribution in [3.05, 3.63) is 23.8 Å². The maximum Gasteiger partial charge on any atom is 0.451 e. The molecule has 2 rings (SSSR count). The van der Waals surface area contributed by atoms with E-state index in [0.29, 0.717) is 24.8 Å². The van der Waals surface area contributed by atoms with Crippen molar-refractivity contribution in [2.45, 2.75) is 25.4 Å². The van der Waals surface area contributed by atoms with E-state index in [1.165, 1.54) is 0 Å². The molecule has 0 bridgehead atoms. The van der Waals surface area contributed by atoms with Crippen LogP contribution in [0.4, 0.5) is 13.2 Å². The third-order valence-corrected chi connectivity index (χ3v) is 3.30. The van der Waals surface area contributed by atoms with E-state index in [1.807, 2.05) is 0 Å². The highest BCUT2D eigenvalue weighted by molar-refractivity contribution is 5.15. The fourth-order valence-electron chi connectivity index (χ4n) is 2.22. The minimum absolute atomic E-state index is 0.392. The van der Waals surface area contributed by atoms with Gasteiger partial charge in [-0.3, -0.25) is 0 Å². The molecule has 1 aliphatic heterocycles. The molecular weight excluding hydrogens is 257 g/mol. The van der Waals surface area contributed by atoms with Crippen LogP contribution >= 0.6 is 0 Å². The number of nitrogens with one attached hydrogen (secondary N) is 1. The average Bonchev–Trinajstić information content (AvgIpc) is 2.39. The highest BCUT2D eigenvalue weighted by atomic mass is 19.4. The fourth-order valence-corrected chi connectivity index (χ4v) is 2.22. The Balaban J connectivity index is 2.13. The van der Waals surface area contributed by atoms with Gasteiger partial charge in [0.2, 0.25) is 5.82 Å². The highest BCUT2D eigenvalue weighted by Crippen LogP contribution is 2.32. The molecule has 0 saturated carbocycles. The van der Waals surface area contributed by atoms with Gasteiger partial charge in [-0.15, -0.1) is 0 Å². The number of nitriles is 1. The molecule has 0 unspecified atom stereocenters. The first-order valence-electron chi connectivity index (χ1n) is 5.95. The molecule has 1 N–H and O–H groups in total. The highest BCUT2D eigenvalue weighted by Gasteiger charge is 2.35. The molecule has 1 fully saturated rings. The summed E-state index contributed by atoms with van der Waals surface area (Å²) < 4.78 is 37.0. The first-order chi connectivity index (χ1) is 8.95. The summed E-state index contributed by atoms with van der Waals surface area (Å²) in [7, 11) is 0. The quantitative estimate of drug-likeness (QED) is 0.892. The van der Waals surface area contributed by atoms with Gasteiger partial charge >= 0.3 is 6.18 Å². The first-order valence-corrected chi connectivity index (χ1v) is 5.95. The Bertz CT molecular complexity index is 469. The third-order valence-electron chi connectivity index (χ3n) is 3.30. The minimum atomic E-state index is -4.53. The van der Waals surface area contributed by atoms with Crippen LogP contribution in [0.25, 0.3) is 0 Å². The number of piperidine rings is 1. The van der Waals surface area contributed by atoms with Crippen molar-refractivity contribution in [3.63, 3.8) is 0 Å². The van der Waals surface area contributed by atoms with Crippen molar-refractivity contribution in [1.82, 2.24) is 15.3 Å². The van der Waals surface area contributed by atoms with Crippen LogP contribution in [0.3, 0.4) is 0 Å². The van der Waals surface area contributed by atoms with E-state index >= 15 is 0 Å². The Labute approximate surface area is 108 Å². The molecule has 2 heterocycles. The van der Waals surface area contributed by atoms with Crippen LogP contribution < -0.4 is 5.32 Å². The van der Waals surface area contributed by atoms with Crippen molar-refractivity contribution in [2.24, 2.45) is 5.41 Å². The first kappa shape index (κ1) is 13.7. The van der Waals surface area contributed by atoms with Crippen LogP contribution in [0.5, 0.6) is 0 Å². The monoisotopic (exact) mass is 270 g/mol. The van der Waals surface area contributed by atoms with Crippen LogP contribution in [0, 0.1) is 16.7 Å². The second kappa shape index (κ2) is 5.13. The maximum absolute atomic E-state index is 12.3. The van der Waals surface area contributed by atoms with Gasteiger partial charge in [-0.1, -0.05) is 0 Å². The lowest BCUT2D eigenvalue weighted by molar-refractivity contribution is -0.145. The van der Waals surface area contributed by atoms with E-state index in [-0.39, 0.29) is 0 Å². The lowest BCUT2D eigenvalue weighted by atomic mass is 9.76. The van der Waals surface area contributed by atoms with Crippen LogP contribution in [0.15, 0.2) is 12.4 Å². The lowest BCUT2D eigenvalue weighted by Crippen LogP contribution is -2.37. The van der Waals surface area contributed by atoms with Crippen LogP contribution in [0.1, 0.15) is 24.2 Å². The topological polar surface area (TPSA) is 61.6 Å². The Morgan fingerprint density at radius 2 is 1.84 bits per heavy atom. The average molecular weight is 270 g/mol. The van der Waals surface area contributed by atoms with Gasteiger partial charge in [0.25, 0.3) is 0 Å². The van der Waals surface area contributed by atoms with Gasteiger partial charge < -0.3 is 5.32 Å². The summed E-state index contributed by atoms with van der Waals surface area (Å²) in [5.74, 6) is -1.15. The van der Waals surface area contributed by atoms with Crippen molar-refractivity contribution < 1.29 is 13.2 Å². The number of halogens is 3. The molecule has 0 atom stereocenters. The van der Waals surface area contributed by atoms with Gasteiger partial charge in [0.1, 0.15) is 0 Å². The van der Waals surface area contributed by atoms with Crippen molar-refractivity contribution in [2.75, 3.05) is 13.1 Å². The van der Waals surface area contributed by atoms with Crippen LogP contribution in [0.2, 0.25) is 0 Å². The molecule has 102 valence electrons. The van der Waals surface area contributed by atoms with Crippen molar-refractivity contribution in [3.8, 4) is 6.07 Å². The summed E-state index contributed by atoms with van der Waals surface area (Å²) in [6.07, 6.45) is -0.438. The second-order valence-corrected chi connectivity index (χ2v) is 4.73.